The highest BCUT2D eigenvalue weighted by atomic mass is 16.4. The maximum Gasteiger partial charge on any atom is 0.355 e. The van der Waals surface area contributed by atoms with Crippen LogP contribution in [0.2, 0.25) is 0 Å². The number of carbonyl (C=O) groups is 1. The molecule has 94 valence electrons. The molecule has 0 atom stereocenters. The first kappa shape index (κ1) is 11.2. The summed E-state index contributed by atoms with van der Waals surface area (Å²) in [5.41, 5.74) is 0.832. The zero-order valence-corrected chi connectivity index (χ0v) is 9.66. The van der Waals surface area contributed by atoms with E-state index in [1.807, 2.05) is 12.1 Å². The second-order valence-corrected chi connectivity index (χ2v) is 4.00. The number of benzene rings is 1. The van der Waals surface area contributed by atoms with Gasteiger partial charge in [-0.05, 0) is 12.1 Å². The van der Waals surface area contributed by atoms with E-state index in [9.17, 15) is 15.0 Å². The number of nitrogens with one attached hydrogen (secondary N) is 1. The number of H-pyrrole nitrogens is 1. The van der Waals surface area contributed by atoms with Crippen LogP contribution in [0.3, 0.4) is 0 Å². The van der Waals surface area contributed by atoms with Gasteiger partial charge in [0.1, 0.15) is 5.82 Å². The third-order valence-corrected chi connectivity index (χ3v) is 2.74. The summed E-state index contributed by atoms with van der Waals surface area (Å²) in [6, 6.07) is 8.89. The van der Waals surface area contributed by atoms with Crippen LogP contribution in [0.4, 0.5) is 0 Å². The van der Waals surface area contributed by atoms with Gasteiger partial charge in [0.15, 0.2) is 5.69 Å². The molecule has 0 unspecified atom stereocenters. The number of aromatic nitrogens is 3. The molecule has 0 aliphatic heterocycles. The van der Waals surface area contributed by atoms with Crippen molar-refractivity contribution in [2.24, 2.45) is 0 Å². The molecular formula is C13H9N3O3. The SMILES string of the molecule is O=C(O)c1nc2ccccc2cc1-c1ncc(O)[nH]1. The van der Waals surface area contributed by atoms with Gasteiger partial charge in [0.05, 0.1) is 17.3 Å². The average molecular weight is 255 g/mol. The fraction of sp³-hybridized carbons (Fsp3) is 0. The van der Waals surface area contributed by atoms with Crippen molar-refractivity contribution in [2.75, 3.05) is 0 Å². The van der Waals surface area contributed by atoms with Gasteiger partial charge in [-0.1, -0.05) is 18.2 Å². The number of hydrogen-bond acceptors (Lipinski definition) is 4. The van der Waals surface area contributed by atoms with E-state index in [2.05, 4.69) is 15.0 Å². The Hall–Kier alpha value is -2.89. The van der Waals surface area contributed by atoms with Crippen LogP contribution in [0, 0.1) is 0 Å². The molecule has 3 rings (SSSR count). The van der Waals surface area contributed by atoms with Crippen LogP contribution in [0.15, 0.2) is 36.5 Å². The fourth-order valence-corrected chi connectivity index (χ4v) is 1.91. The standard InChI is InChI=1S/C13H9N3O3/c17-10-6-14-12(16-10)8-5-7-3-1-2-4-9(7)15-11(8)13(18)19/h1-6,17H,(H,14,16)(H,18,19). The number of imidazole rings is 1. The maximum atomic E-state index is 11.3. The highest BCUT2D eigenvalue weighted by Gasteiger charge is 2.17. The summed E-state index contributed by atoms with van der Waals surface area (Å²) in [6.45, 7) is 0. The number of fused-ring (bicyclic) bond motifs is 1. The average Bonchev–Trinajstić information content (AvgIpc) is 2.83. The Morgan fingerprint density at radius 2 is 2.05 bits per heavy atom. The molecule has 0 radical (unpaired) electrons. The topological polar surface area (TPSA) is 99.1 Å². The van der Waals surface area contributed by atoms with Crippen LogP contribution in [0.1, 0.15) is 10.5 Å². The van der Waals surface area contributed by atoms with E-state index in [1.165, 1.54) is 6.20 Å². The highest BCUT2D eigenvalue weighted by molar-refractivity contribution is 5.97. The molecule has 0 amide bonds. The number of hydrogen-bond donors (Lipinski definition) is 3. The van der Waals surface area contributed by atoms with E-state index >= 15 is 0 Å². The number of aromatic carboxylic acids is 1. The molecule has 19 heavy (non-hydrogen) atoms. The molecule has 0 spiro atoms. The van der Waals surface area contributed by atoms with E-state index in [0.29, 0.717) is 11.1 Å². The van der Waals surface area contributed by atoms with Gasteiger partial charge in [0.25, 0.3) is 0 Å². The minimum absolute atomic E-state index is 0.104. The number of aromatic amines is 1. The van der Waals surface area contributed by atoms with Crippen LogP contribution in [0.5, 0.6) is 5.88 Å². The Morgan fingerprint density at radius 3 is 2.74 bits per heavy atom. The largest absolute Gasteiger partial charge is 0.493 e. The van der Waals surface area contributed by atoms with Crippen molar-refractivity contribution in [3.05, 3.63) is 42.2 Å². The third-order valence-electron chi connectivity index (χ3n) is 2.74. The lowest BCUT2D eigenvalue weighted by molar-refractivity contribution is 0.0692. The molecule has 0 saturated heterocycles. The molecule has 0 bridgehead atoms. The first-order valence-electron chi connectivity index (χ1n) is 5.52. The third kappa shape index (κ3) is 1.89. The molecule has 1 aromatic carbocycles. The fourth-order valence-electron chi connectivity index (χ4n) is 1.91. The molecule has 6 heteroatoms. The molecule has 6 nitrogen and oxygen atoms in total. The lowest BCUT2D eigenvalue weighted by Gasteiger charge is -2.05. The summed E-state index contributed by atoms with van der Waals surface area (Å²) in [5.74, 6) is -0.996. The zero-order valence-electron chi connectivity index (χ0n) is 9.66. The minimum Gasteiger partial charge on any atom is -0.493 e. The highest BCUT2D eigenvalue weighted by Crippen LogP contribution is 2.25. The Kier molecular flexibility index (Phi) is 2.42. The van der Waals surface area contributed by atoms with Gasteiger partial charge in [-0.15, -0.1) is 0 Å². The summed E-state index contributed by atoms with van der Waals surface area (Å²) in [6.07, 6.45) is 1.22. The van der Waals surface area contributed by atoms with Crippen molar-refractivity contribution in [3.8, 4) is 17.3 Å². The molecular weight excluding hydrogens is 246 g/mol. The van der Waals surface area contributed by atoms with Crippen LogP contribution in [-0.2, 0) is 0 Å². The van der Waals surface area contributed by atoms with Crippen molar-refractivity contribution in [3.63, 3.8) is 0 Å². The maximum absolute atomic E-state index is 11.3. The van der Waals surface area contributed by atoms with Crippen LogP contribution in [0.25, 0.3) is 22.3 Å². The number of carboxylic acids is 1. The van der Waals surface area contributed by atoms with Crippen molar-refractivity contribution in [1.82, 2.24) is 15.0 Å². The minimum atomic E-state index is -1.14. The monoisotopic (exact) mass is 255 g/mol. The summed E-state index contributed by atoms with van der Waals surface area (Å²) < 4.78 is 0. The van der Waals surface area contributed by atoms with Gasteiger partial charge in [-0.25, -0.2) is 14.8 Å². The predicted octanol–water partition coefficient (Wildman–Crippen LogP) is 2.03. The molecule has 0 aliphatic rings. The van der Waals surface area contributed by atoms with Crippen LogP contribution in [-0.4, -0.2) is 31.1 Å². The Labute approximate surface area is 107 Å². The number of para-hydroxylation sites is 1. The molecule has 0 fully saturated rings. The van der Waals surface area contributed by atoms with E-state index in [0.717, 1.165) is 5.39 Å². The van der Waals surface area contributed by atoms with Gasteiger partial charge in [0, 0.05) is 5.39 Å². The molecule has 2 aromatic heterocycles. The van der Waals surface area contributed by atoms with Gasteiger partial charge >= 0.3 is 5.97 Å². The zero-order chi connectivity index (χ0) is 13.4. The number of nitrogens with zero attached hydrogens (tertiary/aromatic N) is 2. The van der Waals surface area contributed by atoms with Crippen molar-refractivity contribution in [1.29, 1.82) is 0 Å². The first-order valence-corrected chi connectivity index (χ1v) is 5.52. The quantitative estimate of drug-likeness (QED) is 0.650. The molecule has 2 heterocycles. The van der Waals surface area contributed by atoms with Gasteiger partial charge < -0.3 is 15.2 Å². The number of pyridine rings is 1. The summed E-state index contributed by atoms with van der Waals surface area (Å²) in [5, 5.41) is 19.3. The van der Waals surface area contributed by atoms with E-state index in [4.69, 9.17) is 0 Å². The Bertz CT molecular complexity index is 780. The molecule has 3 aromatic rings. The Morgan fingerprint density at radius 1 is 1.26 bits per heavy atom. The van der Waals surface area contributed by atoms with E-state index in [1.54, 1.807) is 18.2 Å². The van der Waals surface area contributed by atoms with Crippen LogP contribution < -0.4 is 0 Å². The summed E-state index contributed by atoms with van der Waals surface area (Å²) in [7, 11) is 0. The van der Waals surface area contributed by atoms with Gasteiger partial charge in [-0.2, -0.15) is 0 Å². The summed E-state index contributed by atoms with van der Waals surface area (Å²) >= 11 is 0. The lowest BCUT2D eigenvalue weighted by atomic mass is 10.1. The number of rotatable bonds is 2. The second kappa shape index (κ2) is 4.09. The van der Waals surface area contributed by atoms with Crippen LogP contribution >= 0.6 is 0 Å². The van der Waals surface area contributed by atoms with Gasteiger partial charge in [-0.3, -0.25) is 0 Å². The van der Waals surface area contributed by atoms with E-state index in [-0.39, 0.29) is 17.4 Å². The molecule has 0 aliphatic carbocycles. The number of aromatic hydroxyl groups is 1. The van der Waals surface area contributed by atoms with Crippen molar-refractivity contribution < 1.29 is 15.0 Å². The van der Waals surface area contributed by atoms with Gasteiger partial charge in [0.2, 0.25) is 5.88 Å². The molecule has 0 saturated carbocycles. The smallest absolute Gasteiger partial charge is 0.355 e. The normalized spacial score (nSPS) is 10.7. The Balaban J connectivity index is 2.32. The van der Waals surface area contributed by atoms with Crippen molar-refractivity contribution >= 4 is 16.9 Å². The van der Waals surface area contributed by atoms with E-state index < -0.39 is 5.97 Å². The lowest BCUT2D eigenvalue weighted by Crippen LogP contribution is -2.04. The van der Waals surface area contributed by atoms with Crippen molar-refractivity contribution in [2.45, 2.75) is 0 Å². The predicted molar refractivity (Wildman–Crippen MR) is 67.9 cm³/mol. The summed E-state index contributed by atoms with van der Waals surface area (Å²) in [4.78, 5) is 21.9. The first-order chi connectivity index (χ1) is 9.15. The molecule has 3 N–H and O–H groups in total. The number of carboxylic acid groups (broad SMARTS) is 1. The second-order valence-electron chi connectivity index (χ2n) is 4.00.